The Bertz CT molecular complexity index is 1360. The van der Waals surface area contributed by atoms with Gasteiger partial charge in [0.2, 0.25) is 0 Å². The lowest BCUT2D eigenvalue weighted by Gasteiger charge is -2.21. The van der Waals surface area contributed by atoms with E-state index in [1.54, 1.807) is 0 Å². The van der Waals surface area contributed by atoms with Gasteiger partial charge in [0.05, 0.1) is 18.9 Å². The first-order valence-corrected chi connectivity index (χ1v) is 13.7. The zero-order valence-corrected chi connectivity index (χ0v) is 22.2. The minimum absolute atomic E-state index is 0.278. The van der Waals surface area contributed by atoms with Crippen LogP contribution in [-0.4, -0.2) is 33.8 Å². The summed E-state index contributed by atoms with van der Waals surface area (Å²) in [5.41, 5.74) is 1.03. The number of esters is 1. The molecule has 1 atom stereocenters. The Balaban J connectivity index is 1.36. The van der Waals surface area contributed by atoms with Crippen molar-refractivity contribution in [3.05, 3.63) is 76.3 Å². The molecular formula is C30H34N4O5. The number of carbonyl (C=O) groups is 2. The van der Waals surface area contributed by atoms with Crippen LogP contribution in [0.2, 0.25) is 0 Å². The van der Waals surface area contributed by atoms with Crippen LogP contribution in [0.3, 0.4) is 0 Å². The van der Waals surface area contributed by atoms with E-state index in [4.69, 9.17) is 9.47 Å². The highest BCUT2D eigenvalue weighted by Gasteiger charge is 2.29. The highest BCUT2D eigenvalue weighted by atomic mass is 16.5. The number of hydrogen-bond donors (Lipinski definition) is 1. The number of amides is 1. The van der Waals surface area contributed by atoms with E-state index in [0.29, 0.717) is 24.0 Å². The molecule has 2 saturated carbocycles. The molecule has 39 heavy (non-hydrogen) atoms. The molecule has 1 amide bonds. The zero-order chi connectivity index (χ0) is 27.2. The topological polar surface area (TPSA) is 112 Å². The predicted octanol–water partition coefficient (Wildman–Crippen LogP) is 5.63. The zero-order valence-electron chi connectivity index (χ0n) is 22.2. The fraction of sp³-hybridized carbons (Fsp3) is 0.433. The SMILES string of the molecule is COC(=O)c1ccc(NC(=O)C(CC2CCCC2)n2ncc(Oc3ccccc3C3CCCC3)cc2=O)nc1. The third kappa shape index (κ3) is 6.35. The van der Waals surface area contributed by atoms with Gasteiger partial charge in [-0.05, 0) is 54.9 Å². The number of anilines is 1. The van der Waals surface area contributed by atoms with Crippen molar-refractivity contribution < 1.29 is 19.1 Å². The van der Waals surface area contributed by atoms with Gasteiger partial charge in [-0.15, -0.1) is 0 Å². The quantitative estimate of drug-likeness (QED) is 0.357. The fourth-order valence-corrected chi connectivity index (χ4v) is 5.76. The van der Waals surface area contributed by atoms with Crippen molar-refractivity contribution in [2.75, 3.05) is 12.4 Å². The van der Waals surface area contributed by atoms with Gasteiger partial charge in [0, 0.05) is 12.3 Å². The van der Waals surface area contributed by atoms with Crippen molar-refractivity contribution >= 4 is 17.7 Å². The van der Waals surface area contributed by atoms with E-state index >= 15 is 0 Å². The maximum atomic E-state index is 13.4. The monoisotopic (exact) mass is 530 g/mol. The standard InChI is InChI=1S/C30H34N4O5/c1-38-30(37)22-14-15-27(31-18-22)33-29(36)25(16-20-8-2-3-9-20)34-28(35)17-23(19-32-34)39-26-13-7-6-12-24(26)21-10-4-5-11-21/h6-7,12-15,17-21,25H,2-5,8-11,16H2,1H3,(H,31,33,36). The van der Waals surface area contributed by atoms with E-state index in [9.17, 15) is 14.4 Å². The second-order valence-electron chi connectivity index (χ2n) is 10.4. The molecule has 2 fully saturated rings. The number of hydrogen-bond acceptors (Lipinski definition) is 7. The molecule has 0 radical (unpaired) electrons. The van der Waals surface area contributed by atoms with Crippen LogP contribution in [-0.2, 0) is 9.53 Å². The van der Waals surface area contributed by atoms with Crippen LogP contribution in [0.5, 0.6) is 11.5 Å². The minimum atomic E-state index is -0.803. The fourth-order valence-electron chi connectivity index (χ4n) is 5.76. The second kappa shape index (κ2) is 12.2. The van der Waals surface area contributed by atoms with Gasteiger partial charge in [-0.25, -0.2) is 14.5 Å². The molecule has 0 aliphatic heterocycles. The summed E-state index contributed by atoms with van der Waals surface area (Å²) < 4.78 is 12.1. The summed E-state index contributed by atoms with van der Waals surface area (Å²) in [5, 5.41) is 7.18. The summed E-state index contributed by atoms with van der Waals surface area (Å²) >= 11 is 0. The number of para-hydroxylation sites is 1. The Morgan fingerprint density at radius 2 is 1.77 bits per heavy atom. The predicted molar refractivity (Wildman–Crippen MR) is 146 cm³/mol. The number of nitrogens with one attached hydrogen (secondary N) is 1. The van der Waals surface area contributed by atoms with Crippen molar-refractivity contribution in [1.82, 2.24) is 14.8 Å². The molecule has 5 rings (SSSR count). The maximum Gasteiger partial charge on any atom is 0.339 e. The summed E-state index contributed by atoms with van der Waals surface area (Å²) in [4.78, 5) is 42.5. The van der Waals surface area contributed by atoms with Crippen molar-refractivity contribution in [2.24, 2.45) is 5.92 Å². The van der Waals surface area contributed by atoms with Crippen molar-refractivity contribution in [1.29, 1.82) is 0 Å². The van der Waals surface area contributed by atoms with Crippen LogP contribution in [0.25, 0.3) is 0 Å². The Kier molecular flexibility index (Phi) is 8.34. The summed E-state index contributed by atoms with van der Waals surface area (Å²) in [6.07, 6.45) is 12.3. The molecule has 1 N–H and O–H groups in total. The average molecular weight is 531 g/mol. The van der Waals surface area contributed by atoms with Crippen molar-refractivity contribution in [3.8, 4) is 11.5 Å². The molecule has 204 valence electrons. The summed E-state index contributed by atoms with van der Waals surface area (Å²) in [6.45, 7) is 0. The van der Waals surface area contributed by atoms with Crippen LogP contribution in [0.4, 0.5) is 5.82 Å². The van der Waals surface area contributed by atoms with E-state index < -0.39 is 17.6 Å². The average Bonchev–Trinajstić information content (AvgIpc) is 3.67. The van der Waals surface area contributed by atoms with E-state index in [2.05, 4.69) is 21.5 Å². The molecule has 3 aromatic rings. The molecule has 0 bridgehead atoms. The molecule has 2 aliphatic rings. The Hall–Kier alpha value is -4.01. The minimum Gasteiger partial charge on any atom is -0.465 e. The first-order chi connectivity index (χ1) is 19.0. The van der Waals surface area contributed by atoms with Gasteiger partial charge in [-0.1, -0.05) is 56.7 Å². The molecule has 9 nitrogen and oxygen atoms in total. The van der Waals surface area contributed by atoms with Gasteiger partial charge in [-0.3, -0.25) is 9.59 Å². The molecule has 2 heterocycles. The number of aromatic nitrogens is 3. The van der Waals surface area contributed by atoms with Crippen LogP contribution in [0.15, 0.2) is 59.7 Å². The van der Waals surface area contributed by atoms with Crippen LogP contribution >= 0.6 is 0 Å². The Morgan fingerprint density at radius 3 is 2.46 bits per heavy atom. The lowest BCUT2D eigenvalue weighted by atomic mass is 9.97. The Labute approximate surface area is 227 Å². The molecule has 9 heteroatoms. The van der Waals surface area contributed by atoms with Gasteiger partial charge in [-0.2, -0.15) is 5.10 Å². The highest BCUT2D eigenvalue weighted by Crippen LogP contribution is 2.40. The summed E-state index contributed by atoms with van der Waals surface area (Å²) in [7, 11) is 1.29. The normalized spacial score (nSPS) is 16.6. The second-order valence-corrected chi connectivity index (χ2v) is 10.4. The van der Waals surface area contributed by atoms with E-state index in [0.717, 1.165) is 49.8 Å². The third-order valence-corrected chi connectivity index (χ3v) is 7.81. The molecule has 0 saturated heterocycles. The smallest absolute Gasteiger partial charge is 0.339 e. The van der Waals surface area contributed by atoms with E-state index in [1.807, 2.05) is 18.2 Å². The van der Waals surface area contributed by atoms with Crippen molar-refractivity contribution in [3.63, 3.8) is 0 Å². The van der Waals surface area contributed by atoms with Crippen LogP contribution < -0.4 is 15.6 Å². The number of methoxy groups -OCH3 is 1. The van der Waals surface area contributed by atoms with E-state index in [1.165, 1.54) is 55.2 Å². The van der Waals surface area contributed by atoms with E-state index in [-0.39, 0.29) is 17.3 Å². The molecule has 2 aliphatic carbocycles. The Morgan fingerprint density at radius 1 is 1.03 bits per heavy atom. The van der Waals surface area contributed by atoms with Crippen LogP contribution in [0, 0.1) is 5.92 Å². The van der Waals surface area contributed by atoms with Gasteiger partial charge in [0.25, 0.3) is 11.5 Å². The molecule has 0 spiro atoms. The van der Waals surface area contributed by atoms with Gasteiger partial charge >= 0.3 is 5.97 Å². The maximum absolute atomic E-state index is 13.4. The largest absolute Gasteiger partial charge is 0.465 e. The summed E-state index contributed by atoms with van der Waals surface area (Å²) in [6, 6.07) is 11.6. The number of ether oxygens (including phenoxy) is 2. The number of pyridine rings is 1. The van der Waals surface area contributed by atoms with Gasteiger partial charge in [0.15, 0.2) is 5.75 Å². The molecule has 1 aromatic carbocycles. The number of nitrogens with zero attached hydrogens (tertiary/aromatic N) is 3. The lowest BCUT2D eigenvalue weighted by molar-refractivity contribution is -0.120. The van der Waals surface area contributed by atoms with Crippen molar-refractivity contribution in [2.45, 2.75) is 69.7 Å². The number of benzene rings is 1. The third-order valence-electron chi connectivity index (χ3n) is 7.81. The summed E-state index contributed by atoms with van der Waals surface area (Å²) in [5.74, 6) is 1.27. The number of rotatable bonds is 9. The molecular weight excluding hydrogens is 496 g/mol. The molecule has 2 aromatic heterocycles. The molecule has 1 unspecified atom stereocenters. The first kappa shape index (κ1) is 26.6. The lowest BCUT2D eigenvalue weighted by Crippen LogP contribution is -2.36. The highest BCUT2D eigenvalue weighted by molar-refractivity contribution is 5.93. The first-order valence-electron chi connectivity index (χ1n) is 13.7. The van der Waals surface area contributed by atoms with Crippen LogP contribution in [0.1, 0.15) is 85.7 Å². The van der Waals surface area contributed by atoms with Gasteiger partial charge in [0.1, 0.15) is 17.6 Å². The number of carbonyl (C=O) groups excluding carboxylic acids is 2. The van der Waals surface area contributed by atoms with Gasteiger partial charge < -0.3 is 14.8 Å².